The molecule has 31 heavy (non-hydrogen) atoms. The van der Waals surface area contributed by atoms with E-state index in [0.29, 0.717) is 43.3 Å². The summed E-state index contributed by atoms with van der Waals surface area (Å²) in [7, 11) is 1.88. The number of fused-ring (bicyclic) bond motifs is 1. The van der Waals surface area contributed by atoms with Crippen LogP contribution in [0, 0.1) is 5.92 Å². The fraction of sp³-hybridized carbons (Fsp3) is 0.652. The largest absolute Gasteiger partial charge is 0.356 e. The first kappa shape index (κ1) is 21.6. The van der Waals surface area contributed by atoms with E-state index in [1.807, 2.05) is 48.7 Å². The Morgan fingerprint density at radius 2 is 2.03 bits per heavy atom. The van der Waals surface area contributed by atoms with Gasteiger partial charge in [-0.2, -0.15) is 4.98 Å². The van der Waals surface area contributed by atoms with Crippen LogP contribution in [-0.4, -0.2) is 50.6 Å². The molecule has 2 aromatic heterocycles. The molecular formula is C23H33N5O3. The highest BCUT2D eigenvalue weighted by molar-refractivity contribution is 5.93. The Kier molecular flexibility index (Phi) is 6.43. The summed E-state index contributed by atoms with van der Waals surface area (Å²) in [4.78, 5) is 33.2. The number of carbonyl (C=O) groups excluding carboxylic acids is 2. The maximum absolute atomic E-state index is 13.5. The van der Waals surface area contributed by atoms with Gasteiger partial charge in [0.1, 0.15) is 5.69 Å². The van der Waals surface area contributed by atoms with Crippen molar-refractivity contribution in [2.45, 2.75) is 70.3 Å². The van der Waals surface area contributed by atoms with E-state index in [1.165, 1.54) is 0 Å². The molecule has 0 spiro atoms. The third kappa shape index (κ3) is 4.52. The van der Waals surface area contributed by atoms with Crippen LogP contribution in [0.4, 0.5) is 0 Å². The first-order chi connectivity index (χ1) is 15.0. The predicted molar refractivity (Wildman–Crippen MR) is 116 cm³/mol. The minimum atomic E-state index is -0.276. The van der Waals surface area contributed by atoms with Crippen LogP contribution in [-0.2, 0) is 11.8 Å². The number of nitrogens with zero attached hydrogens (tertiary/aromatic N) is 4. The number of rotatable bonds is 3. The van der Waals surface area contributed by atoms with E-state index in [2.05, 4.69) is 15.5 Å². The third-order valence-electron chi connectivity index (χ3n) is 6.64. The molecule has 2 aromatic rings. The molecule has 2 fully saturated rings. The van der Waals surface area contributed by atoms with Gasteiger partial charge >= 0.3 is 0 Å². The minimum absolute atomic E-state index is 0.0106. The molecule has 3 atom stereocenters. The Hall–Kier alpha value is -2.64. The summed E-state index contributed by atoms with van der Waals surface area (Å²) >= 11 is 0. The van der Waals surface area contributed by atoms with Crippen molar-refractivity contribution in [3.05, 3.63) is 35.7 Å². The normalized spacial score (nSPS) is 25.2. The highest BCUT2D eigenvalue weighted by Crippen LogP contribution is 2.41. The zero-order valence-electron chi connectivity index (χ0n) is 18.7. The standard InChI is InChI=1S/C23H33N5O3/c1-15(2)20-25-22(31-26-20)16-13-17-19(14-16)28(23(30)18-9-8-11-27(18)3)12-7-5-4-6-10-24-21(17)29/h8-9,11,15-17,19H,4-7,10,12-14H2,1-3H3,(H,24,29)/t16-,17-,19+/m1/s1. The number of nitrogens with one attached hydrogen (secondary N) is 1. The van der Waals surface area contributed by atoms with Crippen molar-refractivity contribution in [2.24, 2.45) is 13.0 Å². The van der Waals surface area contributed by atoms with E-state index in [1.54, 1.807) is 0 Å². The Morgan fingerprint density at radius 3 is 2.74 bits per heavy atom. The summed E-state index contributed by atoms with van der Waals surface area (Å²) in [6, 6.07) is 3.55. The summed E-state index contributed by atoms with van der Waals surface area (Å²) in [5.74, 6) is 1.18. The van der Waals surface area contributed by atoms with Crippen LogP contribution >= 0.6 is 0 Å². The molecule has 2 aliphatic rings. The summed E-state index contributed by atoms with van der Waals surface area (Å²) in [5, 5.41) is 7.22. The second kappa shape index (κ2) is 9.24. The molecule has 0 radical (unpaired) electrons. The molecule has 168 valence electrons. The molecule has 2 amide bonds. The van der Waals surface area contributed by atoms with Gasteiger partial charge in [-0.05, 0) is 37.8 Å². The molecule has 8 heteroatoms. The van der Waals surface area contributed by atoms with E-state index in [9.17, 15) is 9.59 Å². The molecule has 3 heterocycles. The monoisotopic (exact) mass is 427 g/mol. The number of aromatic nitrogens is 3. The van der Waals surface area contributed by atoms with Gasteiger partial charge in [-0.3, -0.25) is 9.59 Å². The highest BCUT2D eigenvalue weighted by Gasteiger charge is 2.46. The molecule has 1 saturated heterocycles. The second-order valence-corrected chi connectivity index (χ2v) is 9.20. The van der Waals surface area contributed by atoms with E-state index in [0.717, 1.165) is 25.7 Å². The lowest BCUT2D eigenvalue weighted by molar-refractivity contribution is -0.126. The van der Waals surface area contributed by atoms with Gasteiger partial charge in [-0.25, -0.2) is 0 Å². The number of hydrogen-bond acceptors (Lipinski definition) is 5. The number of amides is 2. The van der Waals surface area contributed by atoms with Crippen LogP contribution in [0.3, 0.4) is 0 Å². The molecular weight excluding hydrogens is 394 g/mol. The van der Waals surface area contributed by atoms with E-state index >= 15 is 0 Å². The van der Waals surface area contributed by atoms with E-state index in [4.69, 9.17) is 4.52 Å². The molecule has 1 aliphatic carbocycles. The van der Waals surface area contributed by atoms with Crippen LogP contribution in [0.5, 0.6) is 0 Å². The van der Waals surface area contributed by atoms with Crippen LogP contribution < -0.4 is 5.32 Å². The number of carbonyl (C=O) groups is 2. The Morgan fingerprint density at radius 1 is 1.23 bits per heavy atom. The molecule has 1 N–H and O–H groups in total. The summed E-state index contributed by atoms with van der Waals surface area (Å²) in [5.41, 5.74) is 0.650. The average molecular weight is 428 g/mol. The average Bonchev–Trinajstić information content (AvgIpc) is 3.47. The fourth-order valence-corrected chi connectivity index (χ4v) is 4.84. The van der Waals surface area contributed by atoms with Crippen LogP contribution in [0.1, 0.15) is 86.4 Å². The number of hydrogen-bond donors (Lipinski definition) is 1. The van der Waals surface area contributed by atoms with Crippen molar-refractivity contribution in [3.8, 4) is 0 Å². The Labute approximate surface area is 183 Å². The second-order valence-electron chi connectivity index (χ2n) is 9.20. The van der Waals surface area contributed by atoms with E-state index in [-0.39, 0.29) is 35.6 Å². The Bertz CT molecular complexity index is 918. The molecule has 1 aliphatic heterocycles. The topological polar surface area (TPSA) is 93.3 Å². The van der Waals surface area contributed by atoms with Gasteiger partial charge < -0.3 is 19.3 Å². The van der Waals surface area contributed by atoms with Gasteiger partial charge in [0.2, 0.25) is 11.8 Å². The van der Waals surface area contributed by atoms with Crippen molar-refractivity contribution in [1.29, 1.82) is 0 Å². The smallest absolute Gasteiger partial charge is 0.270 e. The van der Waals surface area contributed by atoms with Crippen molar-refractivity contribution >= 4 is 11.8 Å². The summed E-state index contributed by atoms with van der Waals surface area (Å²) < 4.78 is 7.42. The molecule has 1 saturated carbocycles. The molecule has 4 rings (SSSR count). The summed E-state index contributed by atoms with van der Waals surface area (Å²) in [6.07, 6.45) is 7.18. The number of aryl methyl sites for hydroxylation is 1. The lowest BCUT2D eigenvalue weighted by Gasteiger charge is -2.32. The first-order valence-electron chi connectivity index (χ1n) is 11.5. The maximum atomic E-state index is 13.5. The lowest BCUT2D eigenvalue weighted by Crippen LogP contribution is -2.47. The van der Waals surface area contributed by atoms with Crippen molar-refractivity contribution in [3.63, 3.8) is 0 Å². The van der Waals surface area contributed by atoms with Gasteiger partial charge in [0.05, 0.1) is 5.92 Å². The van der Waals surface area contributed by atoms with Crippen LogP contribution in [0.25, 0.3) is 0 Å². The Balaban J connectivity index is 1.64. The molecule has 0 unspecified atom stereocenters. The van der Waals surface area contributed by atoms with Crippen LogP contribution in [0.15, 0.2) is 22.9 Å². The first-order valence-corrected chi connectivity index (χ1v) is 11.5. The SMILES string of the molecule is CC(C)c1noc([C@@H]2C[C@H]3C(=O)NCCCCCCN(C(=O)c4cccn4C)[C@H]3C2)n1. The third-order valence-corrected chi connectivity index (χ3v) is 6.64. The van der Waals surface area contributed by atoms with Crippen LogP contribution in [0.2, 0.25) is 0 Å². The van der Waals surface area contributed by atoms with Gasteiger partial charge in [-0.15, -0.1) is 0 Å². The van der Waals surface area contributed by atoms with E-state index < -0.39 is 0 Å². The van der Waals surface area contributed by atoms with Gasteiger partial charge in [0.25, 0.3) is 5.91 Å². The zero-order chi connectivity index (χ0) is 22.0. The summed E-state index contributed by atoms with van der Waals surface area (Å²) in [6.45, 7) is 5.41. The molecule has 0 bridgehead atoms. The van der Waals surface area contributed by atoms with Crippen molar-refractivity contribution in [2.75, 3.05) is 13.1 Å². The zero-order valence-corrected chi connectivity index (χ0v) is 18.7. The van der Waals surface area contributed by atoms with Gasteiger partial charge in [0, 0.05) is 44.2 Å². The maximum Gasteiger partial charge on any atom is 0.270 e. The van der Waals surface area contributed by atoms with Gasteiger partial charge in [-0.1, -0.05) is 31.8 Å². The highest BCUT2D eigenvalue weighted by atomic mass is 16.5. The van der Waals surface area contributed by atoms with Gasteiger partial charge in [0.15, 0.2) is 5.82 Å². The molecule has 8 nitrogen and oxygen atoms in total. The minimum Gasteiger partial charge on any atom is -0.356 e. The quantitative estimate of drug-likeness (QED) is 0.812. The molecule has 0 aromatic carbocycles. The van der Waals surface area contributed by atoms with Crippen molar-refractivity contribution in [1.82, 2.24) is 24.9 Å². The van der Waals surface area contributed by atoms with Crippen molar-refractivity contribution < 1.29 is 14.1 Å². The lowest BCUT2D eigenvalue weighted by atomic mass is 10.00. The predicted octanol–water partition coefficient (Wildman–Crippen LogP) is 3.23. The fourth-order valence-electron chi connectivity index (χ4n) is 4.84.